The lowest BCUT2D eigenvalue weighted by molar-refractivity contribution is -0.384. The van der Waals surface area contributed by atoms with Gasteiger partial charge >= 0.3 is 5.69 Å². The van der Waals surface area contributed by atoms with E-state index in [4.69, 9.17) is 4.74 Å². The van der Waals surface area contributed by atoms with Gasteiger partial charge in [-0.05, 0) is 36.8 Å². The molecule has 0 radical (unpaired) electrons. The summed E-state index contributed by atoms with van der Waals surface area (Å²) in [6, 6.07) is 12.7. The van der Waals surface area contributed by atoms with Gasteiger partial charge in [0.2, 0.25) is 0 Å². The highest BCUT2D eigenvalue weighted by Gasteiger charge is 2.21. The molecule has 0 saturated heterocycles. The van der Waals surface area contributed by atoms with Gasteiger partial charge in [0.1, 0.15) is 5.69 Å². The van der Waals surface area contributed by atoms with E-state index in [2.05, 4.69) is 21.2 Å². The molecule has 0 aliphatic heterocycles. The zero-order valence-electron chi connectivity index (χ0n) is 11.7. The van der Waals surface area contributed by atoms with Gasteiger partial charge < -0.3 is 10.1 Å². The fraction of sp³-hybridized carbons (Fsp3) is 0.200. The molecule has 0 aliphatic rings. The van der Waals surface area contributed by atoms with Gasteiger partial charge in [-0.3, -0.25) is 10.1 Å². The summed E-state index contributed by atoms with van der Waals surface area (Å²) in [5.41, 5.74) is 1.41. The predicted molar refractivity (Wildman–Crippen MR) is 85.8 cm³/mol. The second kappa shape index (κ2) is 6.58. The van der Waals surface area contributed by atoms with Crippen LogP contribution in [0.15, 0.2) is 46.9 Å². The van der Waals surface area contributed by atoms with Crippen molar-refractivity contribution in [3.8, 4) is 5.75 Å². The molecule has 1 unspecified atom stereocenters. The topological polar surface area (TPSA) is 64.4 Å². The Labute approximate surface area is 131 Å². The smallest absolute Gasteiger partial charge is 0.333 e. The van der Waals surface area contributed by atoms with Crippen LogP contribution in [0.3, 0.4) is 0 Å². The molecule has 0 aliphatic carbocycles. The van der Waals surface area contributed by atoms with Crippen molar-refractivity contribution in [2.24, 2.45) is 0 Å². The van der Waals surface area contributed by atoms with Crippen molar-refractivity contribution in [1.29, 1.82) is 0 Å². The van der Waals surface area contributed by atoms with E-state index < -0.39 is 4.92 Å². The number of hydrogen-bond acceptors (Lipinski definition) is 4. The highest BCUT2D eigenvalue weighted by Crippen LogP contribution is 2.36. The first-order valence-electron chi connectivity index (χ1n) is 6.36. The van der Waals surface area contributed by atoms with Crippen LogP contribution < -0.4 is 10.1 Å². The van der Waals surface area contributed by atoms with E-state index in [0.717, 1.165) is 10.0 Å². The Balaban J connectivity index is 2.33. The maximum absolute atomic E-state index is 11.3. The fourth-order valence-electron chi connectivity index (χ4n) is 2.08. The van der Waals surface area contributed by atoms with Gasteiger partial charge in [0, 0.05) is 10.5 Å². The van der Waals surface area contributed by atoms with Crippen LogP contribution >= 0.6 is 15.9 Å². The van der Waals surface area contributed by atoms with Crippen LogP contribution in [0.5, 0.6) is 5.75 Å². The molecule has 0 heterocycles. The lowest BCUT2D eigenvalue weighted by atomic mass is 10.1. The molecule has 0 aromatic heterocycles. The lowest BCUT2D eigenvalue weighted by Gasteiger charge is -2.16. The van der Waals surface area contributed by atoms with Crippen LogP contribution in [0, 0.1) is 10.1 Å². The minimum absolute atomic E-state index is 0.0538. The number of nitrogens with zero attached hydrogens (tertiary/aromatic N) is 1. The first kappa shape index (κ1) is 15.3. The normalized spacial score (nSPS) is 11.8. The quantitative estimate of drug-likeness (QED) is 0.635. The summed E-state index contributed by atoms with van der Waals surface area (Å²) in [7, 11) is 1.42. The molecule has 6 heteroatoms. The number of nitrogens with one attached hydrogen (secondary N) is 1. The molecule has 21 heavy (non-hydrogen) atoms. The van der Waals surface area contributed by atoms with Crippen molar-refractivity contribution < 1.29 is 9.66 Å². The molecule has 110 valence electrons. The number of methoxy groups -OCH3 is 1. The van der Waals surface area contributed by atoms with Crippen molar-refractivity contribution >= 4 is 27.3 Å². The standard InChI is InChI=1S/C15H15BrN2O3/c1-10(11-5-3-6-12(16)9-11)17-13-7-4-8-14(21-2)15(13)18(19)20/h3-10,17H,1-2H3. The average Bonchev–Trinajstić information content (AvgIpc) is 2.46. The SMILES string of the molecule is COc1cccc(NC(C)c2cccc(Br)c2)c1[N+](=O)[O-]. The Kier molecular flexibility index (Phi) is 4.80. The Hall–Kier alpha value is -2.08. The van der Waals surface area contributed by atoms with E-state index >= 15 is 0 Å². The number of ether oxygens (including phenoxy) is 1. The van der Waals surface area contributed by atoms with Crippen LogP contribution in [0.4, 0.5) is 11.4 Å². The molecule has 1 atom stereocenters. The largest absolute Gasteiger partial charge is 0.490 e. The summed E-state index contributed by atoms with van der Waals surface area (Å²) in [4.78, 5) is 10.8. The summed E-state index contributed by atoms with van der Waals surface area (Å²) in [6.07, 6.45) is 0. The second-order valence-corrected chi connectivity index (χ2v) is 5.45. The number of para-hydroxylation sites is 1. The van der Waals surface area contributed by atoms with Crippen molar-refractivity contribution in [2.45, 2.75) is 13.0 Å². The number of rotatable bonds is 5. The molecule has 2 aromatic carbocycles. The van der Waals surface area contributed by atoms with Crippen LogP contribution in [0.25, 0.3) is 0 Å². The highest BCUT2D eigenvalue weighted by molar-refractivity contribution is 9.10. The maximum Gasteiger partial charge on any atom is 0.333 e. The molecule has 0 saturated carbocycles. The second-order valence-electron chi connectivity index (χ2n) is 4.53. The molecule has 2 aromatic rings. The molecular formula is C15H15BrN2O3. The van der Waals surface area contributed by atoms with Crippen molar-refractivity contribution in [2.75, 3.05) is 12.4 Å². The Morgan fingerprint density at radius 3 is 2.62 bits per heavy atom. The van der Waals surface area contributed by atoms with Crippen LogP contribution in [0.2, 0.25) is 0 Å². The summed E-state index contributed by atoms with van der Waals surface area (Å²) in [6.45, 7) is 1.95. The summed E-state index contributed by atoms with van der Waals surface area (Å²) in [5.74, 6) is 0.242. The minimum Gasteiger partial charge on any atom is -0.490 e. The Bertz CT molecular complexity index is 661. The van der Waals surface area contributed by atoms with Crippen LogP contribution in [-0.4, -0.2) is 12.0 Å². The molecule has 0 fully saturated rings. The number of halogens is 1. The third-order valence-electron chi connectivity index (χ3n) is 3.12. The predicted octanol–water partition coefficient (Wildman–Crippen LogP) is 4.54. The molecule has 5 nitrogen and oxygen atoms in total. The summed E-state index contributed by atoms with van der Waals surface area (Å²) in [5, 5.41) is 14.4. The van der Waals surface area contributed by atoms with E-state index in [1.807, 2.05) is 31.2 Å². The fourth-order valence-corrected chi connectivity index (χ4v) is 2.50. The number of nitro benzene ring substituents is 1. The highest BCUT2D eigenvalue weighted by atomic mass is 79.9. The van der Waals surface area contributed by atoms with Crippen molar-refractivity contribution in [3.63, 3.8) is 0 Å². The Morgan fingerprint density at radius 1 is 1.29 bits per heavy atom. The molecule has 2 rings (SSSR count). The van der Waals surface area contributed by atoms with Gasteiger partial charge in [-0.1, -0.05) is 34.1 Å². The maximum atomic E-state index is 11.3. The van der Waals surface area contributed by atoms with E-state index in [-0.39, 0.29) is 17.5 Å². The summed E-state index contributed by atoms with van der Waals surface area (Å²) < 4.78 is 6.03. The minimum atomic E-state index is -0.436. The number of hydrogen-bond donors (Lipinski definition) is 1. The van der Waals surface area contributed by atoms with Gasteiger partial charge in [-0.2, -0.15) is 0 Å². The third-order valence-corrected chi connectivity index (χ3v) is 3.62. The van der Waals surface area contributed by atoms with Crippen molar-refractivity contribution in [1.82, 2.24) is 0 Å². The zero-order valence-corrected chi connectivity index (χ0v) is 13.3. The molecule has 0 bridgehead atoms. The lowest BCUT2D eigenvalue weighted by Crippen LogP contribution is -2.09. The Morgan fingerprint density at radius 2 is 2.00 bits per heavy atom. The van der Waals surface area contributed by atoms with Crippen molar-refractivity contribution in [3.05, 3.63) is 62.6 Å². The summed E-state index contributed by atoms with van der Waals surface area (Å²) >= 11 is 3.42. The van der Waals surface area contributed by atoms with E-state index in [1.54, 1.807) is 18.2 Å². The van der Waals surface area contributed by atoms with Gasteiger partial charge in [-0.25, -0.2) is 0 Å². The monoisotopic (exact) mass is 350 g/mol. The first-order chi connectivity index (χ1) is 10.0. The van der Waals surface area contributed by atoms with Gasteiger partial charge in [0.05, 0.1) is 12.0 Å². The third kappa shape index (κ3) is 3.52. The van der Waals surface area contributed by atoms with E-state index in [0.29, 0.717) is 5.69 Å². The first-order valence-corrected chi connectivity index (χ1v) is 7.15. The zero-order chi connectivity index (χ0) is 15.4. The number of benzene rings is 2. The average molecular weight is 351 g/mol. The van der Waals surface area contributed by atoms with Gasteiger partial charge in [0.15, 0.2) is 5.75 Å². The molecule has 0 spiro atoms. The van der Waals surface area contributed by atoms with E-state index in [1.165, 1.54) is 7.11 Å². The van der Waals surface area contributed by atoms with Gasteiger partial charge in [-0.15, -0.1) is 0 Å². The molecular weight excluding hydrogens is 336 g/mol. The van der Waals surface area contributed by atoms with Crippen LogP contribution in [-0.2, 0) is 0 Å². The van der Waals surface area contributed by atoms with Crippen LogP contribution in [0.1, 0.15) is 18.5 Å². The number of anilines is 1. The molecule has 0 amide bonds. The number of nitro groups is 1. The van der Waals surface area contributed by atoms with Gasteiger partial charge in [0.25, 0.3) is 0 Å². The van der Waals surface area contributed by atoms with E-state index in [9.17, 15) is 10.1 Å². The molecule has 1 N–H and O–H groups in total.